The standard InChI is InChI=1S/C16H21NO2S/c1-11-3-4-12-8-17(9-13(12)7-11)16(18)15-6-5-14(19-15)10-20-2/h3,5-6,12-13H,4,7-10H2,1-2H3/t12-,13+/m1/s1. The average Bonchev–Trinajstić information content (AvgIpc) is 3.04. The van der Waals surface area contributed by atoms with E-state index in [1.165, 1.54) is 5.57 Å². The largest absolute Gasteiger partial charge is 0.455 e. The van der Waals surface area contributed by atoms with Gasteiger partial charge in [-0.05, 0) is 50.0 Å². The first-order valence-electron chi connectivity index (χ1n) is 7.20. The first kappa shape index (κ1) is 13.8. The number of amides is 1. The molecule has 1 aliphatic heterocycles. The molecule has 1 aliphatic carbocycles. The first-order valence-corrected chi connectivity index (χ1v) is 8.59. The summed E-state index contributed by atoms with van der Waals surface area (Å²) < 4.78 is 5.65. The van der Waals surface area contributed by atoms with E-state index in [0.717, 1.165) is 37.4 Å². The molecule has 4 heteroatoms. The van der Waals surface area contributed by atoms with Gasteiger partial charge in [0.1, 0.15) is 5.76 Å². The van der Waals surface area contributed by atoms with Gasteiger partial charge in [-0.15, -0.1) is 0 Å². The molecular weight excluding hydrogens is 270 g/mol. The van der Waals surface area contributed by atoms with E-state index < -0.39 is 0 Å². The SMILES string of the molecule is CSCc1ccc(C(=O)N2C[C@H]3CC=C(C)C[C@H]3C2)o1. The second-order valence-corrected chi connectivity index (χ2v) is 6.79. The van der Waals surface area contributed by atoms with Crippen LogP contribution in [0.3, 0.4) is 0 Å². The molecular formula is C16H21NO2S. The Bertz CT molecular complexity index is 534. The molecule has 1 aromatic rings. The number of hydrogen-bond donors (Lipinski definition) is 0. The minimum Gasteiger partial charge on any atom is -0.455 e. The number of hydrogen-bond acceptors (Lipinski definition) is 3. The maximum absolute atomic E-state index is 12.5. The highest BCUT2D eigenvalue weighted by Crippen LogP contribution is 2.36. The number of carbonyl (C=O) groups excluding carboxylic acids is 1. The first-order chi connectivity index (χ1) is 9.67. The van der Waals surface area contributed by atoms with Gasteiger partial charge < -0.3 is 9.32 Å². The minimum absolute atomic E-state index is 0.0596. The number of fused-ring (bicyclic) bond motifs is 1. The zero-order valence-corrected chi connectivity index (χ0v) is 12.9. The fourth-order valence-corrected chi connectivity index (χ4v) is 3.76. The summed E-state index contributed by atoms with van der Waals surface area (Å²) in [6.07, 6.45) is 6.63. The van der Waals surface area contributed by atoms with Crippen molar-refractivity contribution in [1.29, 1.82) is 0 Å². The third-order valence-electron chi connectivity index (χ3n) is 4.38. The summed E-state index contributed by atoms with van der Waals surface area (Å²) in [6.45, 7) is 3.96. The maximum atomic E-state index is 12.5. The number of allylic oxidation sites excluding steroid dienone is 2. The molecule has 0 bridgehead atoms. The van der Waals surface area contributed by atoms with Gasteiger partial charge in [-0.25, -0.2) is 0 Å². The zero-order valence-electron chi connectivity index (χ0n) is 12.1. The zero-order chi connectivity index (χ0) is 14.1. The Kier molecular flexibility index (Phi) is 3.92. The molecule has 1 amide bonds. The van der Waals surface area contributed by atoms with Crippen LogP contribution in [0, 0.1) is 11.8 Å². The van der Waals surface area contributed by atoms with Crippen LogP contribution in [-0.4, -0.2) is 30.2 Å². The molecule has 0 aromatic carbocycles. The number of furan rings is 1. The Balaban J connectivity index is 1.66. The molecule has 0 N–H and O–H groups in total. The molecule has 2 atom stereocenters. The van der Waals surface area contributed by atoms with Crippen LogP contribution < -0.4 is 0 Å². The van der Waals surface area contributed by atoms with Crippen molar-refractivity contribution in [1.82, 2.24) is 4.90 Å². The van der Waals surface area contributed by atoms with Gasteiger partial charge in [-0.3, -0.25) is 4.79 Å². The molecule has 108 valence electrons. The van der Waals surface area contributed by atoms with Crippen LogP contribution in [0.4, 0.5) is 0 Å². The van der Waals surface area contributed by atoms with E-state index in [0.29, 0.717) is 17.6 Å². The van der Waals surface area contributed by atoms with E-state index in [9.17, 15) is 4.79 Å². The van der Waals surface area contributed by atoms with Crippen molar-refractivity contribution in [2.75, 3.05) is 19.3 Å². The van der Waals surface area contributed by atoms with Crippen molar-refractivity contribution in [3.63, 3.8) is 0 Å². The minimum atomic E-state index is 0.0596. The van der Waals surface area contributed by atoms with Crippen molar-refractivity contribution < 1.29 is 9.21 Å². The lowest BCUT2D eigenvalue weighted by Gasteiger charge is -2.21. The highest BCUT2D eigenvalue weighted by molar-refractivity contribution is 7.97. The molecule has 20 heavy (non-hydrogen) atoms. The summed E-state index contributed by atoms with van der Waals surface area (Å²) in [5.41, 5.74) is 1.47. The predicted molar refractivity (Wildman–Crippen MR) is 81.8 cm³/mol. The van der Waals surface area contributed by atoms with Crippen molar-refractivity contribution in [2.45, 2.75) is 25.5 Å². The summed E-state index contributed by atoms with van der Waals surface area (Å²) in [6, 6.07) is 3.73. The highest BCUT2D eigenvalue weighted by atomic mass is 32.2. The molecule has 1 saturated heterocycles. The summed E-state index contributed by atoms with van der Waals surface area (Å²) in [7, 11) is 0. The average molecular weight is 291 g/mol. The lowest BCUT2D eigenvalue weighted by Crippen LogP contribution is -2.28. The Labute approximate surface area is 124 Å². The molecule has 1 fully saturated rings. The molecule has 2 heterocycles. The summed E-state index contributed by atoms with van der Waals surface area (Å²) in [4.78, 5) is 14.5. The quantitative estimate of drug-likeness (QED) is 0.798. The van der Waals surface area contributed by atoms with Gasteiger partial charge in [0.05, 0.1) is 5.75 Å². The number of likely N-dealkylation sites (tertiary alicyclic amines) is 1. The van der Waals surface area contributed by atoms with Crippen LogP contribution in [-0.2, 0) is 5.75 Å². The van der Waals surface area contributed by atoms with Crippen LogP contribution in [0.15, 0.2) is 28.2 Å². The normalized spacial score (nSPS) is 25.5. The Morgan fingerprint density at radius 3 is 3.00 bits per heavy atom. The molecule has 0 saturated carbocycles. The lowest BCUT2D eigenvalue weighted by molar-refractivity contribution is 0.0751. The van der Waals surface area contributed by atoms with Crippen LogP contribution in [0.1, 0.15) is 36.1 Å². The highest BCUT2D eigenvalue weighted by Gasteiger charge is 2.37. The lowest BCUT2D eigenvalue weighted by atomic mass is 9.83. The van der Waals surface area contributed by atoms with Gasteiger partial charge in [0.15, 0.2) is 5.76 Å². The van der Waals surface area contributed by atoms with Gasteiger partial charge >= 0.3 is 0 Å². The van der Waals surface area contributed by atoms with E-state index in [-0.39, 0.29) is 5.91 Å². The summed E-state index contributed by atoms with van der Waals surface area (Å²) in [5, 5.41) is 0. The third-order valence-corrected chi connectivity index (χ3v) is 4.95. The van der Waals surface area contributed by atoms with Crippen molar-refractivity contribution in [3.8, 4) is 0 Å². The van der Waals surface area contributed by atoms with Gasteiger partial charge in [0.25, 0.3) is 5.91 Å². The van der Waals surface area contributed by atoms with E-state index >= 15 is 0 Å². The number of carbonyl (C=O) groups is 1. The van der Waals surface area contributed by atoms with Crippen molar-refractivity contribution >= 4 is 17.7 Å². The van der Waals surface area contributed by atoms with Crippen LogP contribution in [0.25, 0.3) is 0 Å². The number of nitrogens with zero attached hydrogens (tertiary/aromatic N) is 1. The Morgan fingerprint density at radius 2 is 2.20 bits per heavy atom. The van der Waals surface area contributed by atoms with E-state index in [4.69, 9.17) is 4.42 Å². The molecule has 2 aliphatic rings. The fraction of sp³-hybridized carbons (Fsp3) is 0.562. The Morgan fingerprint density at radius 1 is 1.40 bits per heavy atom. The van der Waals surface area contributed by atoms with Crippen LogP contribution >= 0.6 is 11.8 Å². The van der Waals surface area contributed by atoms with E-state index in [2.05, 4.69) is 13.0 Å². The number of thioether (sulfide) groups is 1. The van der Waals surface area contributed by atoms with Crippen LogP contribution in [0.2, 0.25) is 0 Å². The Hall–Kier alpha value is -1.16. The van der Waals surface area contributed by atoms with Crippen molar-refractivity contribution in [2.24, 2.45) is 11.8 Å². The van der Waals surface area contributed by atoms with Gasteiger partial charge in [0, 0.05) is 13.1 Å². The topological polar surface area (TPSA) is 33.5 Å². The summed E-state index contributed by atoms with van der Waals surface area (Å²) in [5.74, 6) is 3.55. The second kappa shape index (κ2) is 5.68. The van der Waals surface area contributed by atoms with E-state index in [1.54, 1.807) is 11.8 Å². The number of rotatable bonds is 3. The predicted octanol–water partition coefficient (Wildman–Crippen LogP) is 3.57. The molecule has 0 unspecified atom stereocenters. The molecule has 3 rings (SSSR count). The molecule has 0 spiro atoms. The van der Waals surface area contributed by atoms with Crippen molar-refractivity contribution in [3.05, 3.63) is 35.3 Å². The molecule has 0 radical (unpaired) electrons. The summed E-state index contributed by atoms with van der Waals surface area (Å²) >= 11 is 1.70. The van der Waals surface area contributed by atoms with E-state index in [1.807, 2.05) is 23.3 Å². The van der Waals surface area contributed by atoms with Gasteiger partial charge in [-0.1, -0.05) is 11.6 Å². The monoisotopic (exact) mass is 291 g/mol. The molecule has 3 nitrogen and oxygen atoms in total. The third kappa shape index (κ3) is 2.66. The second-order valence-electron chi connectivity index (χ2n) is 5.92. The van der Waals surface area contributed by atoms with Crippen LogP contribution in [0.5, 0.6) is 0 Å². The smallest absolute Gasteiger partial charge is 0.289 e. The van der Waals surface area contributed by atoms with Gasteiger partial charge in [-0.2, -0.15) is 11.8 Å². The fourth-order valence-electron chi connectivity index (χ4n) is 3.32. The molecule has 1 aromatic heterocycles. The van der Waals surface area contributed by atoms with Gasteiger partial charge in [0.2, 0.25) is 0 Å². The maximum Gasteiger partial charge on any atom is 0.289 e.